The summed E-state index contributed by atoms with van der Waals surface area (Å²) >= 11 is 0. The SMILES string of the molecule is Cc1ccc(C)c(-c2nc(CN)n(C)c2C)c1. The van der Waals surface area contributed by atoms with Crippen LogP contribution in [-0.2, 0) is 13.6 Å². The molecule has 1 aromatic heterocycles. The average Bonchev–Trinajstić information content (AvgIpc) is 2.59. The molecular formula is C14H19N3. The number of nitrogens with zero attached hydrogens (tertiary/aromatic N) is 2. The number of benzene rings is 1. The maximum Gasteiger partial charge on any atom is 0.123 e. The largest absolute Gasteiger partial charge is 0.334 e. The van der Waals surface area contributed by atoms with E-state index < -0.39 is 0 Å². The topological polar surface area (TPSA) is 43.8 Å². The fourth-order valence-corrected chi connectivity index (χ4v) is 2.07. The number of aromatic nitrogens is 2. The molecule has 2 aromatic rings. The molecule has 3 nitrogen and oxygen atoms in total. The van der Waals surface area contributed by atoms with Crippen LogP contribution in [0.25, 0.3) is 11.3 Å². The summed E-state index contributed by atoms with van der Waals surface area (Å²) in [6, 6.07) is 6.45. The summed E-state index contributed by atoms with van der Waals surface area (Å²) in [7, 11) is 2.01. The zero-order valence-corrected chi connectivity index (χ0v) is 10.9. The van der Waals surface area contributed by atoms with Crippen LogP contribution in [0.1, 0.15) is 22.6 Å². The lowest BCUT2D eigenvalue weighted by atomic mass is 10.0. The van der Waals surface area contributed by atoms with Gasteiger partial charge in [0.1, 0.15) is 5.82 Å². The Kier molecular flexibility index (Phi) is 3.03. The summed E-state index contributed by atoms with van der Waals surface area (Å²) in [5, 5.41) is 0. The van der Waals surface area contributed by atoms with Gasteiger partial charge in [-0.2, -0.15) is 0 Å². The van der Waals surface area contributed by atoms with E-state index in [0.717, 1.165) is 11.5 Å². The molecule has 0 amide bonds. The minimum atomic E-state index is 0.474. The van der Waals surface area contributed by atoms with Crippen LogP contribution in [-0.4, -0.2) is 9.55 Å². The number of hydrogen-bond acceptors (Lipinski definition) is 2. The van der Waals surface area contributed by atoms with Gasteiger partial charge < -0.3 is 10.3 Å². The van der Waals surface area contributed by atoms with Gasteiger partial charge in [0.15, 0.2) is 0 Å². The van der Waals surface area contributed by atoms with E-state index in [0.29, 0.717) is 6.54 Å². The maximum atomic E-state index is 5.70. The second kappa shape index (κ2) is 4.34. The van der Waals surface area contributed by atoms with Crippen LogP contribution in [0.2, 0.25) is 0 Å². The Labute approximate surface area is 102 Å². The summed E-state index contributed by atoms with van der Waals surface area (Å²) < 4.78 is 2.07. The Morgan fingerprint density at radius 3 is 2.53 bits per heavy atom. The van der Waals surface area contributed by atoms with E-state index in [1.807, 2.05) is 7.05 Å². The summed E-state index contributed by atoms with van der Waals surface area (Å²) in [4.78, 5) is 4.64. The smallest absolute Gasteiger partial charge is 0.123 e. The van der Waals surface area contributed by atoms with Crippen LogP contribution in [0.15, 0.2) is 18.2 Å². The Hall–Kier alpha value is -1.61. The van der Waals surface area contributed by atoms with Crippen LogP contribution >= 0.6 is 0 Å². The molecule has 0 aliphatic carbocycles. The fraction of sp³-hybridized carbons (Fsp3) is 0.357. The van der Waals surface area contributed by atoms with E-state index in [-0.39, 0.29) is 0 Å². The zero-order valence-electron chi connectivity index (χ0n) is 10.9. The molecule has 17 heavy (non-hydrogen) atoms. The minimum absolute atomic E-state index is 0.474. The lowest BCUT2D eigenvalue weighted by Crippen LogP contribution is -2.05. The fourth-order valence-electron chi connectivity index (χ4n) is 2.07. The van der Waals surface area contributed by atoms with E-state index in [4.69, 9.17) is 5.73 Å². The third-order valence-corrected chi connectivity index (χ3v) is 3.30. The van der Waals surface area contributed by atoms with Crippen molar-refractivity contribution in [1.29, 1.82) is 0 Å². The number of nitrogens with two attached hydrogens (primary N) is 1. The molecule has 0 unspecified atom stereocenters. The Morgan fingerprint density at radius 2 is 1.94 bits per heavy atom. The third-order valence-electron chi connectivity index (χ3n) is 3.30. The highest BCUT2D eigenvalue weighted by molar-refractivity contribution is 5.67. The second-order valence-electron chi connectivity index (χ2n) is 4.54. The van der Waals surface area contributed by atoms with Gasteiger partial charge in [0.25, 0.3) is 0 Å². The standard InChI is InChI=1S/C14H19N3/c1-9-5-6-10(2)12(7-9)14-11(3)17(4)13(8-15)16-14/h5-7H,8,15H2,1-4H3. The van der Waals surface area contributed by atoms with Gasteiger partial charge in [0.05, 0.1) is 12.2 Å². The molecule has 2 rings (SSSR count). The molecular weight excluding hydrogens is 210 g/mol. The lowest BCUT2D eigenvalue weighted by Gasteiger charge is -2.06. The first-order chi connectivity index (χ1) is 8.04. The van der Waals surface area contributed by atoms with Crippen molar-refractivity contribution in [3.63, 3.8) is 0 Å². The summed E-state index contributed by atoms with van der Waals surface area (Å²) in [6.45, 7) is 6.78. The van der Waals surface area contributed by atoms with Crippen molar-refractivity contribution in [2.24, 2.45) is 12.8 Å². The van der Waals surface area contributed by atoms with Gasteiger partial charge in [-0.15, -0.1) is 0 Å². The van der Waals surface area contributed by atoms with E-state index in [1.165, 1.54) is 22.4 Å². The Balaban J connectivity index is 2.64. The zero-order chi connectivity index (χ0) is 12.6. The first-order valence-corrected chi connectivity index (χ1v) is 5.84. The molecule has 0 radical (unpaired) electrons. The lowest BCUT2D eigenvalue weighted by molar-refractivity contribution is 0.774. The van der Waals surface area contributed by atoms with E-state index in [1.54, 1.807) is 0 Å². The van der Waals surface area contributed by atoms with Crippen LogP contribution in [0.5, 0.6) is 0 Å². The number of rotatable bonds is 2. The molecule has 0 fully saturated rings. The molecule has 2 N–H and O–H groups in total. The van der Waals surface area contributed by atoms with E-state index in [9.17, 15) is 0 Å². The van der Waals surface area contributed by atoms with Gasteiger partial charge in [-0.3, -0.25) is 0 Å². The van der Waals surface area contributed by atoms with Crippen molar-refractivity contribution in [3.05, 3.63) is 40.8 Å². The first-order valence-electron chi connectivity index (χ1n) is 5.84. The Morgan fingerprint density at radius 1 is 1.24 bits per heavy atom. The molecule has 0 saturated heterocycles. The van der Waals surface area contributed by atoms with Gasteiger partial charge in [-0.05, 0) is 32.4 Å². The van der Waals surface area contributed by atoms with Gasteiger partial charge in [0, 0.05) is 18.3 Å². The van der Waals surface area contributed by atoms with E-state index >= 15 is 0 Å². The summed E-state index contributed by atoms with van der Waals surface area (Å²) in [5.74, 6) is 0.929. The van der Waals surface area contributed by atoms with Crippen LogP contribution in [0.3, 0.4) is 0 Å². The summed E-state index contributed by atoms with van der Waals surface area (Å²) in [6.07, 6.45) is 0. The van der Waals surface area contributed by atoms with Crippen molar-refractivity contribution >= 4 is 0 Å². The molecule has 0 spiro atoms. The first kappa shape index (κ1) is 11.9. The molecule has 1 heterocycles. The molecule has 90 valence electrons. The van der Waals surface area contributed by atoms with E-state index in [2.05, 4.69) is 48.5 Å². The number of imidazole rings is 1. The van der Waals surface area contributed by atoms with Crippen LogP contribution < -0.4 is 5.73 Å². The van der Waals surface area contributed by atoms with Crippen molar-refractivity contribution in [1.82, 2.24) is 9.55 Å². The predicted molar refractivity (Wildman–Crippen MR) is 70.7 cm³/mol. The predicted octanol–water partition coefficient (Wildman–Crippen LogP) is 2.47. The maximum absolute atomic E-state index is 5.70. The molecule has 3 heteroatoms. The van der Waals surface area contributed by atoms with Gasteiger partial charge in [-0.25, -0.2) is 4.98 Å². The summed E-state index contributed by atoms with van der Waals surface area (Å²) in [5.41, 5.74) is 11.6. The molecule has 0 bridgehead atoms. The molecule has 0 aliphatic rings. The molecule has 0 atom stereocenters. The molecule has 0 saturated carbocycles. The highest BCUT2D eigenvalue weighted by Gasteiger charge is 2.13. The van der Waals surface area contributed by atoms with Crippen molar-refractivity contribution in [2.75, 3.05) is 0 Å². The van der Waals surface area contributed by atoms with Crippen LogP contribution in [0, 0.1) is 20.8 Å². The normalized spacial score (nSPS) is 10.9. The highest BCUT2D eigenvalue weighted by Crippen LogP contribution is 2.27. The number of aryl methyl sites for hydroxylation is 2. The van der Waals surface area contributed by atoms with Crippen molar-refractivity contribution in [2.45, 2.75) is 27.3 Å². The van der Waals surface area contributed by atoms with Crippen molar-refractivity contribution < 1.29 is 0 Å². The quantitative estimate of drug-likeness (QED) is 0.859. The minimum Gasteiger partial charge on any atom is -0.334 e. The number of hydrogen-bond donors (Lipinski definition) is 1. The third kappa shape index (κ3) is 1.98. The molecule has 1 aromatic carbocycles. The highest BCUT2D eigenvalue weighted by atomic mass is 15.1. The Bertz CT molecular complexity index is 553. The second-order valence-corrected chi connectivity index (χ2v) is 4.54. The van der Waals surface area contributed by atoms with Crippen LogP contribution in [0.4, 0.5) is 0 Å². The average molecular weight is 229 g/mol. The monoisotopic (exact) mass is 229 g/mol. The van der Waals surface area contributed by atoms with Gasteiger partial charge in [-0.1, -0.05) is 17.7 Å². The van der Waals surface area contributed by atoms with Crippen molar-refractivity contribution in [3.8, 4) is 11.3 Å². The molecule has 0 aliphatic heterocycles. The van der Waals surface area contributed by atoms with Gasteiger partial charge >= 0.3 is 0 Å². The van der Waals surface area contributed by atoms with Gasteiger partial charge in [0.2, 0.25) is 0 Å².